The molecule has 25 heavy (non-hydrogen) atoms. The summed E-state index contributed by atoms with van der Waals surface area (Å²) in [6.07, 6.45) is 12.3. The van der Waals surface area contributed by atoms with Gasteiger partial charge in [-0.05, 0) is 19.3 Å². The molecular formula is C19H30N2O4. The van der Waals surface area contributed by atoms with E-state index in [1.807, 2.05) is 4.90 Å². The van der Waals surface area contributed by atoms with Crippen LogP contribution in [0.4, 0.5) is 0 Å². The molecular weight excluding hydrogens is 320 g/mol. The summed E-state index contributed by atoms with van der Waals surface area (Å²) in [5.41, 5.74) is 0.146. The average Bonchev–Trinajstić information content (AvgIpc) is 3.35. The summed E-state index contributed by atoms with van der Waals surface area (Å²) in [7, 11) is 1.30. The molecule has 6 heteroatoms. The van der Waals surface area contributed by atoms with Gasteiger partial charge in [0.15, 0.2) is 5.69 Å². The minimum atomic E-state index is -0.526. The summed E-state index contributed by atoms with van der Waals surface area (Å²) in [6.45, 7) is 2.55. The molecule has 0 spiro atoms. The third-order valence-electron chi connectivity index (χ3n) is 4.55. The highest BCUT2D eigenvalue weighted by molar-refractivity contribution is 5.86. The van der Waals surface area contributed by atoms with Gasteiger partial charge >= 0.3 is 5.97 Å². The first-order chi connectivity index (χ1) is 12.2. The number of rotatable bonds is 12. The molecule has 0 radical (unpaired) electrons. The highest BCUT2D eigenvalue weighted by Gasteiger charge is 2.33. The Labute approximate surface area is 149 Å². The molecule has 1 saturated carbocycles. The number of hydrogen-bond donors (Lipinski definition) is 0. The van der Waals surface area contributed by atoms with Crippen molar-refractivity contribution in [2.24, 2.45) is 0 Å². The highest BCUT2D eigenvalue weighted by Crippen LogP contribution is 2.29. The number of hydrogen-bond acceptors (Lipinski definition) is 5. The molecule has 1 aliphatic rings. The molecule has 1 amide bonds. The minimum absolute atomic E-state index is 0.146. The van der Waals surface area contributed by atoms with Gasteiger partial charge in [0.05, 0.1) is 13.7 Å². The topological polar surface area (TPSA) is 72.6 Å². The van der Waals surface area contributed by atoms with E-state index in [0.29, 0.717) is 24.9 Å². The maximum absolute atomic E-state index is 12.5. The van der Waals surface area contributed by atoms with E-state index in [4.69, 9.17) is 4.42 Å². The van der Waals surface area contributed by atoms with Gasteiger partial charge in [0, 0.05) is 12.5 Å². The first-order valence-electron chi connectivity index (χ1n) is 9.48. The number of amides is 1. The van der Waals surface area contributed by atoms with Crippen LogP contribution in [0.1, 0.15) is 87.5 Å². The maximum atomic E-state index is 12.5. The van der Waals surface area contributed by atoms with Crippen molar-refractivity contribution in [1.82, 2.24) is 9.88 Å². The van der Waals surface area contributed by atoms with Crippen LogP contribution in [0.15, 0.2) is 10.7 Å². The molecule has 1 fully saturated rings. The van der Waals surface area contributed by atoms with Gasteiger partial charge < -0.3 is 14.1 Å². The highest BCUT2D eigenvalue weighted by atomic mass is 16.5. The summed E-state index contributed by atoms with van der Waals surface area (Å²) >= 11 is 0. The summed E-state index contributed by atoms with van der Waals surface area (Å²) in [5, 5.41) is 0. The Kier molecular flexibility index (Phi) is 7.95. The molecule has 0 aromatic carbocycles. The molecule has 0 saturated heterocycles. The Morgan fingerprint density at radius 2 is 1.88 bits per heavy atom. The minimum Gasteiger partial charge on any atom is -0.464 e. The number of aromatic nitrogens is 1. The fourth-order valence-corrected chi connectivity index (χ4v) is 2.91. The van der Waals surface area contributed by atoms with Gasteiger partial charge in [0.25, 0.3) is 0 Å². The van der Waals surface area contributed by atoms with Crippen molar-refractivity contribution < 1.29 is 18.7 Å². The van der Waals surface area contributed by atoms with Gasteiger partial charge in [-0.15, -0.1) is 0 Å². The molecule has 0 N–H and O–H groups in total. The fraction of sp³-hybridized carbons (Fsp3) is 0.737. The van der Waals surface area contributed by atoms with Gasteiger partial charge in [-0.3, -0.25) is 4.79 Å². The number of oxazole rings is 1. The van der Waals surface area contributed by atoms with Gasteiger partial charge in [0.1, 0.15) is 6.26 Å². The number of carbonyl (C=O) groups excluding carboxylic acids is 2. The number of carbonyl (C=O) groups is 2. The Balaban J connectivity index is 1.75. The molecule has 1 aromatic heterocycles. The zero-order valence-electron chi connectivity index (χ0n) is 15.5. The van der Waals surface area contributed by atoms with Gasteiger partial charge in [-0.25, -0.2) is 9.78 Å². The normalized spacial score (nSPS) is 13.7. The van der Waals surface area contributed by atoms with Crippen molar-refractivity contribution in [1.29, 1.82) is 0 Å². The number of esters is 1. The van der Waals surface area contributed by atoms with E-state index < -0.39 is 5.97 Å². The lowest BCUT2D eigenvalue weighted by Gasteiger charge is -2.20. The first-order valence-corrected chi connectivity index (χ1v) is 9.48. The largest absolute Gasteiger partial charge is 0.464 e. The number of methoxy groups -OCH3 is 1. The molecule has 0 aliphatic heterocycles. The smallest absolute Gasteiger partial charge is 0.360 e. The molecule has 0 bridgehead atoms. The summed E-state index contributed by atoms with van der Waals surface area (Å²) < 4.78 is 9.94. The van der Waals surface area contributed by atoms with Crippen molar-refractivity contribution in [2.45, 2.75) is 83.7 Å². The predicted octanol–water partition coefficient (Wildman–Crippen LogP) is 4.09. The van der Waals surface area contributed by atoms with Crippen molar-refractivity contribution in [3.63, 3.8) is 0 Å². The lowest BCUT2D eigenvalue weighted by Crippen LogP contribution is -2.32. The maximum Gasteiger partial charge on any atom is 0.360 e. The van der Waals surface area contributed by atoms with Crippen molar-refractivity contribution >= 4 is 11.9 Å². The third-order valence-corrected chi connectivity index (χ3v) is 4.55. The van der Waals surface area contributed by atoms with E-state index in [1.165, 1.54) is 45.5 Å². The van der Waals surface area contributed by atoms with Crippen LogP contribution in [0.2, 0.25) is 0 Å². The van der Waals surface area contributed by atoms with Crippen LogP contribution in [-0.2, 0) is 16.1 Å². The van der Waals surface area contributed by atoms with Crippen LogP contribution in [0.5, 0.6) is 0 Å². The van der Waals surface area contributed by atoms with Crippen molar-refractivity contribution in [3.8, 4) is 0 Å². The van der Waals surface area contributed by atoms with Crippen LogP contribution in [0, 0.1) is 0 Å². The van der Waals surface area contributed by atoms with Crippen LogP contribution in [0.3, 0.4) is 0 Å². The van der Waals surface area contributed by atoms with E-state index in [9.17, 15) is 9.59 Å². The predicted molar refractivity (Wildman–Crippen MR) is 94.0 cm³/mol. The van der Waals surface area contributed by atoms with Gasteiger partial charge in [-0.1, -0.05) is 45.4 Å². The van der Waals surface area contributed by atoms with E-state index in [2.05, 4.69) is 16.6 Å². The second-order valence-corrected chi connectivity index (χ2v) is 6.74. The van der Waals surface area contributed by atoms with Crippen LogP contribution in [0.25, 0.3) is 0 Å². The van der Waals surface area contributed by atoms with Crippen molar-refractivity contribution in [3.05, 3.63) is 17.8 Å². The Hall–Kier alpha value is -1.85. The first kappa shape index (κ1) is 19.5. The summed E-state index contributed by atoms with van der Waals surface area (Å²) in [5.74, 6) is 0.0245. The molecule has 1 aliphatic carbocycles. The summed E-state index contributed by atoms with van der Waals surface area (Å²) in [6, 6.07) is 0.297. The fourth-order valence-electron chi connectivity index (χ4n) is 2.91. The zero-order chi connectivity index (χ0) is 18.1. The second-order valence-electron chi connectivity index (χ2n) is 6.74. The van der Waals surface area contributed by atoms with Crippen LogP contribution >= 0.6 is 0 Å². The molecule has 1 heterocycles. The molecule has 0 unspecified atom stereocenters. The lowest BCUT2D eigenvalue weighted by atomic mass is 10.1. The Bertz CT molecular complexity index is 551. The third kappa shape index (κ3) is 6.52. The molecule has 2 rings (SSSR count). The van der Waals surface area contributed by atoms with E-state index in [-0.39, 0.29) is 11.6 Å². The number of unbranched alkanes of at least 4 members (excludes halogenated alkanes) is 6. The zero-order valence-corrected chi connectivity index (χ0v) is 15.5. The van der Waals surface area contributed by atoms with Gasteiger partial charge in [0.2, 0.25) is 11.8 Å². The Morgan fingerprint density at radius 3 is 2.52 bits per heavy atom. The number of nitrogens with zero attached hydrogens (tertiary/aromatic N) is 2. The van der Waals surface area contributed by atoms with Crippen LogP contribution in [-0.4, -0.2) is 34.9 Å². The molecule has 6 nitrogen and oxygen atoms in total. The quantitative estimate of drug-likeness (QED) is 0.419. The Morgan fingerprint density at radius 1 is 1.20 bits per heavy atom. The number of ether oxygens (including phenoxy) is 1. The van der Waals surface area contributed by atoms with Gasteiger partial charge in [-0.2, -0.15) is 0 Å². The standard InChI is InChI=1S/C19H30N2O4/c1-3-4-5-6-7-8-9-10-18(22)21(15-11-12-15)13-17-20-16(14-25-17)19(23)24-2/h14-15H,3-13H2,1-2H3. The molecule has 140 valence electrons. The SMILES string of the molecule is CCCCCCCCCC(=O)N(Cc1nc(C(=O)OC)co1)C1CC1. The monoisotopic (exact) mass is 350 g/mol. The van der Waals surface area contributed by atoms with E-state index in [0.717, 1.165) is 25.7 Å². The molecule has 0 atom stereocenters. The molecule has 1 aromatic rings. The van der Waals surface area contributed by atoms with E-state index in [1.54, 1.807) is 0 Å². The van der Waals surface area contributed by atoms with E-state index >= 15 is 0 Å². The van der Waals surface area contributed by atoms with Crippen LogP contribution < -0.4 is 0 Å². The van der Waals surface area contributed by atoms with Crippen molar-refractivity contribution in [2.75, 3.05) is 7.11 Å². The second kappa shape index (κ2) is 10.2. The lowest BCUT2D eigenvalue weighted by molar-refractivity contribution is -0.132. The average molecular weight is 350 g/mol. The summed E-state index contributed by atoms with van der Waals surface area (Å²) in [4.78, 5) is 29.9.